The lowest BCUT2D eigenvalue weighted by molar-refractivity contribution is -0.199. The monoisotopic (exact) mass is 501 g/mol. The van der Waals surface area contributed by atoms with Gasteiger partial charge >= 0.3 is 12.3 Å². The Kier molecular flexibility index (Phi) is 6.72. The van der Waals surface area contributed by atoms with Crippen molar-refractivity contribution in [3.05, 3.63) is 34.9 Å². The summed E-state index contributed by atoms with van der Waals surface area (Å²) in [7, 11) is 0. The minimum Gasteiger partial charge on any atom is -0.465 e. The Labute approximate surface area is 200 Å². The number of rotatable bonds is 5. The molecule has 3 amide bonds. The molecule has 1 aromatic rings. The number of hydrogen-bond donors (Lipinski definition) is 2. The quantitative estimate of drug-likeness (QED) is 0.643. The standard InChI is InChI=1S/C23H27ClF3N3O4/c24-17-3-1-14(2-4-17)18-13-30(12-16(18)11-28-21(33)34)19(31)15-5-9-29(10-6-15)20(32)22(7-8-22)23(25,26)27/h1-4,15-16,18,28H,5-13H2,(H,33,34)/t16-,18-/m0/s1. The van der Waals surface area contributed by atoms with Crippen LogP contribution in [-0.4, -0.2) is 71.7 Å². The van der Waals surface area contributed by atoms with Crippen LogP contribution >= 0.6 is 11.6 Å². The molecule has 1 aliphatic carbocycles. The molecule has 3 aliphatic rings. The summed E-state index contributed by atoms with van der Waals surface area (Å²) in [5.41, 5.74) is -1.27. The van der Waals surface area contributed by atoms with E-state index in [9.17, 15) is 27.6 Å². The Morgan fingerprint density at radius 2 is 1.68 bits per heavy atom. The van der Waals surface area contributed by atoms with Crippen molar-refractivity contribution in [1.82, 2.24) is 15.1 Å². The molecule has 2 saturated heterocycles. The molecular formula is C23H27ClF3N3O4. The number of nitrogens with zero attached hydrogens (tertiary/aromatic N) is 2. The first-order valence-corrected chi connectivity index (χ1v) is 11.8. The summed E-state index contributed by atoms with van der Waals surface area (Å²) in [6, 6.07) is 7.24. The highest BCUT2D eigenvalue weighted by molar-refractivity contribution is 6.30. The zero-order valence-electron chi connectivity index (χ0n) is 18.5. The van der Waals surface area contributed by atoms with E-state index in [4.69, 9.17) is 16.7 Å². The fraction of sp³-hybridized carbons (Fsp3) is 0.609. The largest absolute Gasteiger partial charge is 0.465 e. The van der Waals surface area contributed by atoms with E-state index < -0.39 is 23.6 Å². The molecule has 0 bridgehead atoms. The van der Waals surface area contributed by atoms with Gasteiger partial charge in [-0.05, 0) is 43.4 Å². The maximum absolute atomic E-state index is 13.3. The number of nitrogens with one attached hydrogen (secondary N) is 1. The smallest absolute Gasteiger partial charge is 0.404 e. The number of carbonyl (C=O) groups is 3. The molecule has 1 saturated carbocycles. The summed E-state index contributed by atoms with van der Waals surface area (Å²) in [4.78, 5) is 39.7. The van der Waals surface area contributed by atoms with Crippen LogP contribution in [-0.2, 0) is 9.59 Å². The van der Waals surface area contributed by atoms with Gasteiger partial charge in [-0.25, -0.2) is 4.79 Å². The molecular weight excluding hydrogens is 475 g/mol. The van der Waals surface area contributed by atoms with Crippen molar-refractivity contribution >= 4 is 29.5 Å². The maximum Gasteiger partial charge on any atom is 0.404 e. The Hall–Kier alpha value is -2.49. The highest BCUT2D eigenvalue weighted by Gasteiger charge is 2.69. The molecule has 0 aromatic heterocycles. The molecule has 7 nitrogen and oxygen atoms in total. The number of alkyl halides is 3. The van der Waals surface area contributed by atoms with Gasteiger partial charge in [0, 0.05) is 55.5 Å². The van der Waals surface area contributed by atoms with Crippen LogP contribution in [0.5, 0.6) is 0 Å². The third-order valence-corrected chi connectivity index (χ3v) is 7.65. The van der Waals surface area contributed by atoms with Crippen LogP contribution in [0.4, 0.5) is 18.0 Å². The lowest BCUT2D eigenvalue weighted by Crippen LogP contribution is -2.49. The van der Waals surface area contributed by atoms with Gasteiger partial charge in [0.1, 0.15) is 5.41 Å². The number of likely N-dealkylation sites (tertiary alicyclic amines) is 2. The highest BCUT2D eigenvalue weighted by atomic mass is 35.5. The van der Waals surface area contributed by atoms with Gasteiger partial charge in [-0.3, -0.25) is 9.59 Å². The first-order valence-electron chi connectivity index (χ1n) is 11.4. The average Bonchev–Trinajstić information content (AvgIpc) is 3.52. The molecule has 0 unspecified atom stereocenters. The van der Waals surface area contributed by atoms with Gasteiger partial charge in [0.05, 0.1) is 0 Å². The van der Waals surface area contributed by atoms with Crippen molar-refractivity contribution in [2.24, 2.45) is 17.3 Å². The van der Waals surface area contributed by atoms with Crippen molar-refractivity contribution in [3.8, 4) is 0 Å². The second-order valence-electron chi connectivity index (χ2n) is 9.49. The zero-order chi connectivity index (χ0) is 24.7. The summed E-state index contributed by atoms with van der Waals surface area (Å²) < 4.78 is 39.9. The Morgan fingerprint density at radius 1 is 1.06 bits per heavy atom. The molecule has 11 heteroatoms. The number of halogens is 4. The third kappa shape index (κ3) is 4.82. The van der Waals surface area contributed by atoms with Crippen molar-refractivity contribution in [2.45, 2.75) is 37.8 Å². The van der Waals surface area contributed by atoms with Crippen LogP contribution in [0.15, 0.2) is 24.3 Å². The van der Waals surface area contributed by atoms with E-state index in [-0.39, 0.29) is 56.1 Å². The number of hydrogen-bond acceptors (Lipinski definition) is 3. The van der Waals surface area contributed by atoms with Crippen molar-refractivity contribution in [3.63, 3.8) is 0 Å². The molecule has 0 spiro atoms. The van der Waals surface area contributed by atoms with E-state index in [0.29, 0.717) is 31.0 Å². The average molecular weight is 502 g/mol. The van der Waals surface area contributed by atoms with Crippen LogP contribution in [0.3, 0.4) is 0 Å². The van der Waals surface area contributed by atoms with Crippen molar-refractivity contribution in [2.75, 3.05) is 32.7 Å². The minimum atomic E-state index is -4.54. The maximum atomic E-state index is 13.3. The molecule has 2 atom stereocenters. The van der Waals surface area contributed by atoms with Gasteiger partial charge in [-0.2, -0.15) is 13.2 Å². The molecule has 4 rings (SSSR count). The van der Waals surface area contributed by atoms with E-state index in [2.05, 4.69) is 5.32 Å². The van der Waals surface area contributed by atoms with E-state index in [0.717, 1.165) is 5.56 Å². The lowest BCUT2D eigenvalue weighted by atomic mass is 9.89. The summed E-state index contributed by atoms with van der Waals surface area (Å²) in [6.07, 6.45) is -5.37. The van der Waals surface area contributed by atoms with Gasteiger partial charge < -0.3 is 20.2 Å². The van der Waals surface area contributed by atoms with Crippen LogP contribution in [0.1, 0.15) is 37.2 Å². The fourth-order valence-corrected chi connectivity index (χ4v) is 5.32. The summed E-state index contributed by atoms with van der Waals surface area (Å²) in [5.74, 6) is -1.53. The normalized spacial score (nSPS) is 24.7. The Bertz CT molecular complexity index is 944. The Balaban J connectivity index is 1.38. The van der Waals surface area contributed by atoms with E-state index in [1.165, 1.54) is 4.90 Å². The number of amides is 3. The SMILES string of the molecule is O=C(O)NC[C@H]1CN(C(=O)C2CCN(C(=O)C3(C(F)(F)F)CC3)CC2)C[C@H]1c1ccc(Cl)cc1. The number of carboxylic acid groups (broad SMARTS) is 1. The van der Waals surface area contributed by atoms with Gasteiger partial charge in [0.25, 0.3) is 0 Å². The second kappa shape index (κ2) is 9.28. The van der Waals surface area contributed by atoms with Gasteiger partial charge in [0.2, 0.25) is 11.8 Å². The summed E-state index contributed by atoms with van der Waals surface area (Å²) >= 11 is 5.98. The predicted octanol–water partition coefficient (Wildman–Crippen LogP) is 3.73. The van der Waals surface area contributed by atoms with Gasteiger partial charge in [0.15, 0.2) is 0 Å². The predicted molar refractivity (Wildman–Crippen MR) is 117 cm³/mol. The van der Waals surface area contributed by atoms with Crippen LogP contribution < -0.4 is 5.32 Å². The van der Waals surface area contributed by atoms with E-state index in [1.807, 2.05) is 12.1 Å². The molecule has 2 aliphatic heterocycles. The first kappa shape index (κ1) is 24.6. The molecule has 186 valence electrons. The fourth-order valence-electron chi connectivity index (χ4n) is 5.20. The van der Waals surface area contributed by atoms with Crippen molar-refractivity contribution < 1.29 is 32.7 Å². The van der Waals surface area contributed by atoms with Crippen LogP contribution in [0, 0.1) is 17.3 Å². The minimum absolute atomic E-state index is 0.0729. The molecule has 2 heterocycles. The third-order valence-electron chi connectivity index (χ3n) is 7.40. The topological polar surface area (TPSA) is 89.9 Å². The zero-order valence-corrected chi connectivity index (χ0v) is 19.2. The molecule has 1 aromatic carbocycles. The summed E-state index contributed by atoms with van der Waals surface area (Å²) in [6.45, 7) is 1.25. The summed E-state index contributed by atoms with van der Waals surface area (Å²) in [5, 5.41) is 12.0. The second-order valence-corrected chi connectivity index (χ2v) is 9.93. The molecule has 2 N–H and O–H groups in total. The molecule has 0 radical (unpaired) electrons. The molecule has 34 heavy (non-hydrogen) atoms. The van der Waals surface area contributed by atoms with E-state index >= 15 is 0 Å². The Morgan fingerprint density at radius 3 is 2.21 bits per heavy atom. The lowest BCUT2D eigenvalue weighted by Gasteiger charge is -2.35. The van der Waals surface area contributed by atoms with Gasteiger partial charge in [-0.15, -0.1) is 0 Å². The van der Waals surface area contributed by atoms with Gasteiger partial charge in [-0.1, -0.05) is 23.7 Å². The van der Waals surface area contributed by atoms with E-state index in [1.54, 1.807) is 17.0 Å². The van der Waals surface area contributed by atoms with Crippen LogP contribution in [0.2, 0.25) is 5.02 Å². The number of carbonyl (C=O) groups excluding carboxylic acids is 2. The first-order chi connectivity index (χ1) is 16.0. The highest BCUT2D eigenvalue weighted by Crippen LogP contribution is 2.58. The number of piperidine rings is 1. The van der Waals surface area contributed by atoms with Crippen molar-refractivity contribution in [1.29, 1.82) is 0 Å². The molecule has 3 fully saturated rings. The van der Waals surface area contributed by atoms with Crippen LogP contribution in [0.25, 0.3) is 0 Å². The number of benzene rings is 1.